The van der Waals surface area contributed by atoms with Gasteiger partial charge in [0.1, 0.15) is 11.6 Å². The minimum atomic E-state index is -0.209. The lowest BCUT2D eigenvalue weighted by Crippen LogP contribution is -2.45. The molecule has 2 unspecified atom stereocenters. The third-order valence-corrected chi connectivity index (χ3v) is 5.00. The maximum atomic E-state index is 12.4. The van der Waals surface area contributed by atoms with Gasteiger partial charge in [-0.1, -0.05) is 6.92 Å². The van der Waals surface area contributed by atoms with Crippen molar-refractivity contribution < 1.29 is 19.1 Å². The standard InChI is InChI=1S/C24H31N3O4/c1-4-13-30-21-8-5-19(6-9-21)22(28)10-12-24(29)26-20-7-11-23(25-14-20)27-15-17(2)31-18(3)16-27/h5-9,11,14,17-18H,4,10,12-13,15-16H2,1-3H3,(H,26,29). The molecule has 0 radical (unpaired) electrons. The Hall–Kier alpha value is -2.93. The number of ether oxygens (including phenoxy) is 2. The Bertz CT molecular complexity index is 857. The van der Waals surface area contributed by atoms with Gasteiger partial charge in [-0.2, -0.15) is 0 Å². The van der Waals surface area contributed by atoms with Gasteiger partial charge in [-0.25, -0.2) is 4.98 Å². The highest BCUT2D eigenvalue weighted by Crippen LogP contribution is 2.20. The largest absolute Gasteiger partial charge is 0.494 e. The van der Waals surface area contributed by atoms with E-state index in [1.807, 2.05) is 32.9 Å². The summed E-state index contributed by atoms with van der Waals surface area (Å²) in [6.45, 7) is 8.36. The maximum Gasteiger partial charge on any atom is 0.224 e. The van der Waals surface area contributed by atoms with Crippen LogP contribution in [0, 0.1) is 0 Å². The Labute approximate surface area is 183 Å². The van der Waals surface area contributed by atoms with E-state index in [4.69, 9.17) is 9.47 Å². The zero-order valence-electron chi connectivity index (χ0n) is 18.5. The van der Waals surface area contributed by atoms with Crippen LogP contribution in [0.15, 0.2) is 42.6 Å². The molecule has 1 amide bonds. The van der Waals surface area contributed by atoms with Crippen molar-refractivity contribution >= 4 is 23.2 Å². The summed E-state index contributed by atoms with van der Waals surface area (Å²) in [6, 6.07) is 10.8. The molecule has 31 heavy (non-hydrogen) atoms. The summed E-state index contributed by atoms with van der Waals surface area (Å²) >= 11 is 0. The van der Waals surface area contributed by atoms with E-state index in [0.717, 1.165) is 31.1 Å². The van der Waals surface area contributed by atoms with Gasteiger partial charge in [0, 0.05) is 31.5 Å². The van der Waals surface area contributed by atoms with Crippen molar-refractivity contribution in [2.75, 3.05) is 29.9 Å². The highest BCUT2D eigenvalue weighted by Gasteiger charge is 2.23. The number of nitrogens with zero attached hydrogens (tertiary/aromatic N) is 2. The van der Waals surface area contributed by atoms with Crippen molar-refractivity contribution in [1.29, 1.82) is 0 Å². The fraction of sp³-hybridized carbons (Fsp3) is 0.458. The van der Waals surface area contributed by atoms with Crippen LogP contribution in [-0.2, 0) is 9.53 Å². The number of morpholine rings is 1. The first-order valence-corrected chi connectivity index (χ1v) is 10.9. The van der Waals surface area contributed by atoms with E-state index >= 15 is 0 Å². The monoisotopic (exact) mass is 425 g/mol. The van der Waals surface area contributed by atoms with E-state index in [-0.39, 0.29) is 36.7 Å². The first-order chi connectivity index (χ1) is 14.9. The number of hydrogen-bond donors (Lipinski definition) is 1. The third-order valence-electron chi connectivity index (χ3n) is 5.00. The molecule has 1 N–H and O–H groups in total. The van der Waals surface area contributed by atoms with Crippen LogP contribution in [0.3, 0.4) is 0 Å². The first kappa shape index (κ1) is 22.7. The van der Waals surface area contributed by atoms with Crippen LogP contribution in [0.5, 0.6) is 5.75 Å². The van der Waals surface area contributed by atoms with Gasteiger partial charge in [0.25, 0.3) is 0 Å². The van der Waals surface area contributed by atoms with Crippen molar-refractivity contribution in [3.05, 3.63) is 48.2 Å². The highest BCUT2D eigenvalue weighted by molar-refractivity contribution is 6.00. The van der Waals surface area contributed by atoms with Gasteiger partial charge >= 0.3 is 0 Å². The molecule has 1 aromatic heterocycles. The molecule has 166 valence electrons. The molecule has 0 spiro atoms. The van der Waals surface area contributed by atoms with E-state index in [1.165, 1.54) is 0 Å². The van der Waals surface area contributed by atoms with Crippen LogP contribution in [0.4, 0.5) is 11.5 Å². The lowest BCUT2D eigenvalue weighted by Gasteiger charge is -2.36. The van der Waals surface area contributed by atoms with Crippen molar-refractivity contribution in [3.8, 4) is 5.75 Å². The summed E-state index contributed by atoms with van der Waals surface area (Å²) in [6.07, 6.45) is 3.16. The number of ketones is 1. The normalized spacial score (nSPS) is 18.5. The molecule has 1 aromatic carbocycles. The number of anilines is 2. The maximum absolute atomic E-state index is 12.4. The number of carbonyl (C=O) groups excluding carboxylic acids is 2. The highest BCUT2D eigenvalue weighted by atomic mass is 16.5. The summed E-state index contributed by atoms with van der Waals surface area (Å²) < 4.78 is 11.3. The predicted octanol–water partition coefficient (Wildman–Crippen LogP) is 4.09. The molecule has 1 aliphatic heterocycles. The molecule has 7 nitrogen and oxygen atoms in total. The third kappa shape index (κ3) is 6.79. The number of amides is 1. The van der Waals surface area contributed by atoms with E-state index in [2.05, 4.69) is 15.2 Å². The number of rotatable bonds is 9. The smallest absolute Gasteiger partial charge is 0.224 e. The van der Waals surface area contributed by atoms with Gasteiger partial charge in [0.2, 0.25) is 5.91 Å². The topological polar surface area (TPSA) is 80.8 Å². The second kappa shape index (κ2) is 10.9. The number of benzene rings is 1. The summed E-state index contributed by atoms with van der Waals surface area (Å²) in [5, 5.41) is 2.81. The second-order valence-corrected chi connectivity index (χ2v) is 7.91. The van der Waals surface area contributed by atoms with Crippen LogP contribution in [0.2, 0.25) is 0 Å². The molecule has 2 heterocycles. The molecule has 1 fully saturated rings. The Kier molecular flexibility index (Phi) is 8.00. The molecule has 2 atom stereocenters. The van der Waals surface area contributed by atoms with Crippen LogP contribution in [0.1, 0.15) is 50.4 Å². The quantitative estimate of drug-likeness (QED) is 0.610. The lowest BCUT2D eigenvalue weighted by molar-refractivity contribution is -0.116. The molecule has 3 rings (SSSR count). The van der Waals surface area contributed by atoms with Gasteiger partial charge < -0.3 is 19.7 Å². The van der Waals surface area contributed by atoms with Crippen LogP contribution in [0.25, 0.3) is 0 Å². The average molecular weight is 426 g/mol. The van der Waals surface area contributed by atoms with Crippen LogP contribution < -0.4 is 15.0 Å². The molecule has 0 aliphatic carbocycles. The van der Waals surface area contributed by atoms with E-state index in [1.54, 1.807) is 30.5 Å². The van der Waals surface area contributed by atoms with Crippen LogP contribution >= 0.6 is 0 Å². The number of aromatic nitrogens is 1. The van der Waals surface area contributed by atoms with Gasteiger partial charge in [0.05, 0.1) is 30.7 Å². The number of carbonyl (C=O) groups is 2. The summed E-state index contributed by atoms with van der Waals surface area (Å²) in [5.41, 5.74) is 1.20. The van der Waals surface area contributed by atoms with E-state index in [9.17, 15) is 9.59 Å². The van der Waals surface area contributed by atoms with Crippen molar-refractivity contribution in [2.24, 2.45) is 0 Å². The first-order valence-electron chi connectivity index (χ1n) is 10.9. The van der Waals surface area contributed by atoms with Gasteiger partial charge in [-0.15, -0.1) is 0 Å². The summed E-state index contributed by atoms with van der Waals surface area (Å²) in [5.74, 6) is 1.33. The SMILES string of the molecule is CCCOc1ccc(C(=O)CCC(=O)Nc2ccc(N3CC(C)OC(C)C3)nc2)cc1. The fourth-order valence-corrected chi connectivity index (χ4v) is 3.56. The fourth-order valence-electron chi connectivity index (χ4n) is 3.56. The van der Waals surface area contributed by atoms with Crippen molar-refractivity contribution in [2.45, 2.75) is 52.2 Å². The Morgan fingerprint density at radius 2 is 1.81 bits per heavy atom. The van der Waals surface area contributed by atoms with E-state index < -0.39 is 0 Å². The van der Waals surface area contributed by atoms with E-state index in [0.29, 0.717) is 17.9 Å². The molecule has 7 heteroatoms. The molecule has 0 saturated carbocycles. The number of Topliss-reactive ketones (excluding diaryl/α,β-unsaturated/α-hetero) is 1. The van der Waals surface area contributed by atoms with Crippen LogP contribution in [-0.4, -0.2) is 48.6 Å². The number of nitrogens with one attached hydrogen (secondary N) is 1. The van der Waals surface area contributed by atoms with Crippen molar-refractivity contribution in [3.63, 3.8) is 0 Å². The molecule has 1 aliphatic rings. The minimum absolute atomic E-state index is 0.0683. The number of pyridine rings is 1. The van der Waals surface area contributed by atoms with Gasteiger partial charge in [-0.05, 0) is 56.7 Å². The zero-order chi connectivity index (χ0) is 22.2. The minimum Gasteiger partial charge on any atom is -0.494 e. The molecular weight excluding hydrogens is 394 g/mol. The second-order valence-electron chi connectivity index (χ2n) is 7.91. The lowest BCUT2D eigenvalue weighted by atomic mass is 10.1. The molecule has 0 bridgehead atoms. The molecule has 2 aromatic rings. The summed E-state index contributed by atoms with van der Waals surface area (Å²) in [4.78, 5) is 31.3. The van der Waals surface area contributed by atoms with Gasteiger partial charge in [-0.3, -0.25) is 9.59 Å². The molecule has 1 saturated heterocycles. The Morgan fingerprint density at radius 1 is 1.10 bits per heavy atom. The summed E-state index contributed by atoms with van der Waals surface area (Å²) in [7, 11) is 0. The Morgan fingerprint density at radius 3 is 2.42 bits per heavy atom. The zero-order valence-corrected chi connectivity index (χ0v) is 18.5. The number of hydrogen-bond acceptors (Lipinski definition) is 6. The average Bonchev–Trinajstić information content (AvgIpc) is 2.76. The Balaban J connectivity index is 1.46. The predicted molar refractivity (Wildman–Crippen MR) is 121 cm³/mol. The van der Waals surface area contributed by atoms with Gasteiger partial charge in [0.15, 0.2) is 5.78 Å². The van der Waals surface area contributed by atoms with Crippen molar-refractivity contribution in [1.82, 2.24) is 4.98 Å². The molecular formula is C24H31N3O4.